The Balaban J connectivity index is 1.39. The fourth-order valence-electron chi connectivity index (χ4n) is 5.05. The molecule has 0 bridgehead atoms. The summed E-state index contributed by atoms with van der Waals surface area (Å²) in [6.07, 6.45) is 5.72. The first-order valence-electron chi connectivity index (χ1n) is 12.3. The van der Waals surface area contributed by atoms with Gasteiger partial charge in [-0.05, 0) is 74.4 Å². The Morgan fingerprint density at radius 3 is 2.75 bits per heavy atom. The summed E-state index contributed by atoms with van der Waals surface area (Å²) in [5.41, 5.74) is 3.76. The quantitative estimate of drug-likeness (QED) is 0.658. The van der Waals surface area contributed by atoms with Crippen molar-refractivity contribution in [3.05, 3.63) is 29.3 Å². The van der Waals surface area contributed by atoms with E-state index < -0.39 is 0 Å². The summed E-state index contributed by atoms with van der Waals surface area (Å²) in [5.74, 6) is 0.205. The predicted octanol–water partition coefficient (Wildman–Crippen LogP) is 3.02. The molecule has 3 aliphatic heterocycles. The first-order chi connectivity index (χ1) is 15.5. The molecule has 0 radical (unpaired) electrons. The van der Waals surface area contributed by atoms with Gasteiger partial charge in [-0.15, -0.1) is 0 Å². The molecule has 1 aromatic carbocycles. The van der Waals surface area contributed by atoms with Gasteiger partial charge >= 0.3 is 12.0 Å². The monoisotopic (exact) mass is 442 g/mol. The lowest BCUT2D eigenvalue weighted by Crippen LogP contribution is -2.52. The largest absolute Gasteiger partial charge is 0.465 e. The van der Waals surface area contributed by atoms with Gasteiger partial charge in [-0.25, -0.2) is 4.79 Å². The second-order valence-corrected chi connectivity index (χ2v) is 9.67. The van der Waals surface area contributed by atoms with Crippen LogP contribution < -0.4 is 10.2 Å². The molecule has 0 aromatic heterocycles. The van der Waals surface area contributed by atoms with Crippen molar-refractivity contribution in [1.29, 1.82) is 0 Å². The van der Waals surface area contributed by atoms with Crippen molar-refractivity contribution in [3.63, 3.8) is 0 Å². The third-order valence-electron chi connectivity index (χ3n) is 6.80. The Kier molecular flexibility index (Phi) is 7.68. The van der Waals surface area contributed by atoms with Gasteiger partial charge in [0.2, 0.25) is 0 Å². The molecular weight excluding hydrogens is 404 g/mol. The van der Waals surface area contributed by atoms with Gasteiger partial charge in [0.1, 0.15) is 0 Å². The highest BCUT2D eigenvalue weighted by molar-refractivity contribution is 5.94. The van der Waals surface area contributed by atoms with Gasteiger partial charge in [-0.1, -0.05) is 19.9 Å². The van der Waals surface area contributed by atoms with Gasteiger partial charge in [0.05, 0.1) is 19.2 Å². The molecule has 2 saturated heterocycles. The fourth-order valence-corrected chi connectivity index (χ4v) is 5.05. The molecule has 0 saturated carbocycles. The van der Waals surface area contributed by atoms with Crippen molar-refractivity contribution in [2.75, 3.05) is 50.8 Å². The minimum atomic E-state index is -0.142. The summed E-state index contributed by atoms with van der Waals surface area (Å²) in [5, 5.41) is 3.45. The van der Waals surface area contributed by atoms with E-state index in [1.165, 1.54) is 11.1 Å². The van der Waals surface area contributed by atoms with E-state index in [9.17, 15) is 9.59 Å². The number of hydrogen-bond donors (Lipinski definition) is 1. The third-order valence-corrected chi connectivity index (χ3v) is 6.80. The van der Waals surface area contributed by atoms with Gasteiger partial charge in [-0.2, -0.15) is 0 Å². The summed E-state index contributed by atoms with van der Waals surface area (Å²) < 4.78 is 5.35. The Bertz CT molecular complexity index is 812. The molecule has 7 nitrogen and oxygen atoms in total. The predicted molar refractivity (Wildman–Crippen MR) is 126 cm³/mol. The van der Waals surface area contributed by atoms with Crippen LogP contribution in [0.25, 0.3) is 0 Å². The maximum atomic E-state index is 13.4. The van der Waals surface area contributed by atoms with E-state index in [-0.39, 0.29) is 18.2 Å². The first-order valence-corrected chi connectivity index (χ1v) is 12.3. The number of likely N-dealkylation sites (tertiary alicyclic amines) is 1. The highest BCUT2D eigenvalue weighted by atomic mass is 16.5. The molecule has 1 N–H and O–H groups in total. The molecular formula is C25H38N4O3. The lowest BCUT2D eigenvalue weighted by molar-refractivity contribution is -0.145. The van der Waals surface area contributed by atoms with E-state index in [4.69, 9.17) is 4.74 Å². The molecule has 0 aliphatic carbocycles. The summed E-state index contributed by atoms with van der Waals surface area (Å²) >= 11 is 0. The zero-order chi connectivity index (χ0) is 22.5. The van der Waals surface area contributed by atoms with Crippen LogP contribution in [0, 0.1) is 5.92 Å². The van der Waals surface area contributed by atoms with Crippen LogP contribution in [-0.2, 0) is 22.4 Å². The van der Waals surface area contributed by atoms with E-state index in [0.717, 1.165) is 70.5 Å². The number of piperidine rings is 1. The van der Waals surface area contributed by atoms with Crippen LogP contribution in [0.4, 0.5) is 10.5 Å². The van der Waals surface area contributed by atoms with E-state index in [1.807, 2.05) is 23.6 Å². The van der Waals surface area contributed by atoms with Crippen LogP contribution in [0.2, 0.25) is 0 Å². The van der Waals surface area contributed by atoms with Crippen molar-refractivity contribution < 1.29 is 14.3 Å². The number of anilines is 1. The van der Waals surface area contributed by atoms with Crippen molar-refractivity contribution in [3.8, 4) is 0 Å². The maximum absolute atomic E-state index is 13.4. The lowest BCUT2D eigenvalue weighted by atomic mass is 10.0. The SMILES string of the molecule is CC(C)COC(=O)CCN1CCCCC1N1CCN(c2ccc3c(c2)CCNCC3)C1=O. The Morgan fingerprint density at radius 2 is 1.94 bits per heavy atom. The molecule has 3 heterocycles. The lowest BCUT2D eigenvalue weighted by Gasteiger charge is -2.40. The number of ether oxygens (including phenoxy) is 1. The summed E-state index contributed by atoms with van der Waals surface area (Å²) in [7, 11) is 0. The number of amides is 2. The third kappa shape index (κ3) is 5.44. The van der Waals surface area contributed by atoms with E-state index in [2.05, 4.69) is 28.4 Å². The highest BCUT2D eigenvalue weighted by Crippen LogP contribution is 2.29. The van der Waals surface area contributed by atoms with Crippen molar-refractivity contribution in [1.82, 2.24) is 15.1 Å². The zero-order valence-electron chi connectivity index (χ0n) is 19.6. The molecule has 176 valence electrons. The van der Waals surface area contributed by atoms with Crippen LogP contribution in [0.15, 0.2) is 18.2 Å². The van der Waals surface area contributed by atoms with Crippen LogP contribution in [0.5, 0.6) is 0 Å². The summed E-state index contributed by atoms with van der Waals surface area (Å²) in [6.45, 7) is 9.60. The number of carbonyl (C=O) groups excluding carboxylic acids is 2. The van der Waals surface area contributed by atoms with Crippen molar-refractivity contribution >= 4 is 17.7 Å². The minimum Gasteiger partial charge on any atom is -0.465 e. The van der Waals surface area contributed by atoms with Gasteiger partial charge in [0.15, 0.2) is 0 Å². The van der Waals surface area contributed by atoms with Crippen LogP contribution in [0.1, 0.15) is 50.7 Å². The standard InChI is InChI=1S/C25H38N4O3/c1-19(2)18-32-24(30)10-14-27-13-4-3-5-23(27)29-16-15-28(25(29)31)22-7-6-20-8-11-26-12-9-21(20)17-22/h6-7,17,19,23,26H,3-5,8-16,18H2,1-2H3. The van der Waals surface area contributed by atoms with Gasteiger partial charge in [0.25, 0.3) is 0 Å². The number of nitrogens with zero attached hydrogens (tertiary/aromatic N) is 3. The summed E-state index contributed by atoms with van der Waals surface area (Å²) in [6, 6.07) is 6.61. The van der Waals surface area contributed by atoms with Crippen molar-refractivity contribution in [2.45, 2.75) is 58.5 Å². The Morgan fingerprint density at radius 1 is 1.12 bits per heavy atom. The first kappa shape index (κ1) is 23.1. The molecule has 1 aromatic rings. The average molecular weight is 443 g/mol. The number of esters is 1. The number of hydrogen-bond acceptors (Lipinski definition) is 5. The van der Waals surface area contributed by atoms with Crippen LogP contribution in [0.3, 0.4) is 0 Å². The molecule has 3 aliphatic rings. The fraction of sp³-hybridized carbons (Fsp3) is 0.680. The normalized spacial score (nSPS) is 22.2. The summed E-state index contributed by atoms with van der Waals surface area (Å²) in [4.78, 5) is 31.8. The van der Waals surface area contributed by atoms with Gasteiger partial charge in [0, 0.05) is 31.9 Å². The van der Waals surface area contributed by atoms with Crippen LogP contribution >= 0.6 is 0 Å². The topological polar surface area (TPSA) is 65.1 Å². The average Bonchev–Trinajstić information content (AvgIpc) is 3.02. The minimum absolute atomic E-state index is 0.0733. The number of carbonyl (C=O) groups is 2. The number of nitrogens with one attached hydrogen (secondary N) is 1. The molecule has 32 heavy (non-hydrogen) atoms. The van der Waals surface area contributed by atoms with Gasteiger partial charge < -0.3 is 15.0 Å². The smallest absolute Gasteiger partial charge is 0.325 e. The Labute approximate surface area is 192 Å². The Hall–Kier alpha value is -2.12. The second kappa shape index (κ2) is 10.7. The molecule has 2 amide bonds. The maximum Gasteiger partial charge on any atom is 0.325 e. The second-order valence-electron chi connectivity index (χ2n) is 9.67. The molecule has 1 unspecified atom stereocenters. The number of benzene rings is 1. The van der Waals surface area contributed by atoms with E-state index >= 15 is 0 Å². The van der Waals surface area contributed by atoms with Gasteiger partial charge in [-0.3, -0.25) is 14.6 Å². The molecule has 4 rings (SSSR count). The highest BCUT2D eigenvalue weighted by Gasteiger charge is 2.38. The molecule has 7 heteroatoms. The van der Waals surface area contributed by atoms with Crippen molar-refractivity contribution in [2.24, 2.45) is 5.92 Å². The van der Waals surface area contributed by atoms with Crippen LogP contribution in [-0.4, -0.2) is 73.8 Å². The molecule has 2 fully saturated rings. The number of rotatable bonds is 7. The van der Waals surface area contributed by atoms with E-state index in [0.29, 0.717) is 25.5 Å². The molecule has 1 atom stereocenters. The van der Waals surface area contributed by atoms with E-state index in [1.54, 1.807) is 0 Å². The number of fused-ring (bicyclic) bond motifs is 1. The zero-order valence-corrected chi connectivity index (χ0v) is 19.6. The molecule has 0 spiro atoms. The number of urea groups is 1.